The average molecular weight is 308 g/mol. The summed E-state index contributed by atoms with van der Waals surface area (Å²) in [5, 5.41) is 18.1. The highest BCUT2D eigenvalue weighted by molar-refractivity contribution is 5.76. The van der Waals surface area contributed by atoms with Gasteiger partial charge < -0.3 is 5.32 Å². The van der Waals surface area contributed by atoms with E-state index in [0.717, 1.165) is 25.7 Å². The molecule has 7 heteroatoms. The maximum atomic E-state index is 12.2. The molecule has 1 fully saturated rings. The lowest BCUT2D eigenvalue weighted by molar-refractivity contribution is -0.386. The van der Waals surface area contributed by atoms with Gasteiger partial charge in [-0.2, -0.15) is 5.10 Å². The second-order valence-corrected chi connectivity index (χ2v) is 6.04. The fraction of sp³-hybridized carbons (Fsp3) is 0.733. The minimum atomic E-state index is -0.444. The predicted molar refractivity (Wildman–Crippen MR) is 82.6 cm³/mol. The van der Waals surface area contributed by atoms with Crippen LogP contribution in [0.15, 0.2) is 0 Å². The molecule has 0 aliphatic heterocycles. The first-order valence-electron chi connectivity index (χ1n) is 7.97. The Kier molecular flexibility index (Phi) is 5.51. The van der Waals surface area contributed by atoms with Crippen LogP contribution < -0.4 is 5.32 Å². The van der Waals surface area contributed by atoms with E-state index in [1.165, 1.54) is 23.9 Å². The highest BCUT2D eigenvalue weighted by atomic mass is 16.6. The van der Waals surface area contributed by atoms with Crippen LogP contribution in [0.3, 0.4) is 0 Å². The number of hydrogen-bond acceptors (Lipinski definition) is 4. The van der Waals surface area contributed by atoms with Gasteiger partial charge in [-0.05, 0) is 26.7 Å². The van der Waals surface area contributed by atoms with E-state index < -0.39 is 4.92 Å². The molecule has 1 aromatic heterocycles. The van der Waals surface area contributed by atoms with Crippen molar-refractivity contribution in [2.24, 2.45) is 0 Å². The number of nitrogens with zero attached hydrogens (tertiary/aromatic N) is 3. The number of carbonyl (C=O) groups excluding carboxylic acids is 1. The molecule has 2 rings (SSSR count). The first-order chi connectivity index (χ1) is 10.5. The Bertz CT molecular complexity index is 545. The van der Waals surface area contributed by atoms with Crippen LogP contribution in [0.1, 0.15) is 56.3 Å². The zero-order valence-electron chi connectivity index (χ0n) is 13.3. The topological polar surface area (TPSA) is 90.1 Å². The standard InChI is InChI=1S/C15H24N4O3/c1-11-15(19(21)22)12(2)18(17-11)10-14(20)16-13-8-6-4-3-5-7-9-13/h13H,3-10H2,1-2H3,(H,16,20). The van der Waals surface area contributed by atoms with Crippen molar-refractivity contribution >= 4 is 11.6 Å². The van der Waals surface area contributed by atoms with Crippen LogP contribution in [-0.4, -0.2) is 26.7 Å². The molecule has 1 aliphatic rings. The van der Waals surface area contributed by atoms with Gasteiger partial charge in [0.2, 0.25) is 5.91 Å². The molecule has 1 N–H and O–H groups in total. The Balaban J connectivity index is 1.97. The number of nitrogens with one attached hydrogen (secondary N) is 1. The Morgan fingerprint density at radius 3 is 2.41 bits per heavy atom. The Morgan fingerprint density at radius 1 is 1.27 bits per heavy atom. The second kappa shape index (κ2) is 7.38. The van der Waals surface area contributed by atoms with Gasteiger partial charge in [0.05, 0.1) is 4.92 Å². The molecule has 0 bridgehead atoms. The van der Waals surface area contributed by atoms with Crippen LogP contribution in [0.5, 0.6) is 0 Å². The molecule has 122 valence electrons. The second-order valence-electron chi connectivity index (χ2n) is 6.04. The normalized spacial score (nSPS) is 16.8. The van der Waals surface area contributed by atoms with Gasteiger partial charge >= 0.3 is 5.69 Å². The maximum absolute atomic E-state index is 12.2. The van der Waals surface area contributed by atoms with E-state index >= 15 is 0 Å². The predicted octanol–water partition coefficient (Wildman–Crippen LogP) is 2.64. The summed E-state index contributed by atoms with van der Waals surface area (Å²) in [6.45, 7) is 3.26. The first-order valence-corrected chi connectivity index (χ1v) is 7.97. The maximum Gasteiger partial charge on any atom is 0.312 e. The zero-order chi connectivity index (χ0) is 16.1. The van der Waals surface area contributed by atoms with Crippen LogP contribution >= 0.6 is 0 Å². The summed E-state index contributed by atoms with van der Waals surface area (Å²) in [5.41, 5.74) is 0.773. The van der Waals surface area contributed by atoms with Gasteiger partial charge in [0.25, 0.3) is 0 Å². The van der Waals surface area contributed by atoms with Crippen molar-refractivity contribution < 1.29 is 9.72 Å². The summed E-state index contributed by atoms with van der Waals surface area (Å²) in [5.74, 6) is -0.119. The number of hydrogen-bond donors (Lipinski definition) is 1. The molecule has 1 saturated carbocycles. The molecule has 0 aromatic carbocycles. The van der Waals surface area contributed by atoms with Gasteiger partial charge in [-0.3, -0.25) is 19.6 Å². The lowest BCUT2D eigenvalue weighted by atomic mass is 9.97. The summed E-state index contributed by atoms with van der Waals surface area (Å²) in [4.78, 5) is 22.7. The van der Waals surface area contributed by atoms with Gasteiger partial charge in [-0.1, -0.05) is 32.1 Å². The van der Waals surface area contributed by atoms with Crippen molar-refractivity contribution in [3.05, 3.63) is 21.5 Å². The lowest BCUT2D eigenvalue weighted by Crippen LogP contribution is -2.37. The number of aryl methyl sites for hydroxylation is 1. The van der Waals surface area contributed by atoms with Crippen LogP contribution in [0.25, 0.3) is 0 Å². The first kappa shape index (κ1) is 16.5. The molecule has 1 heterocycles. The van der Waals surface area contributed by atoms with Gasteiger partial charge in [-0.25, -0.2) is 0 Å². The van der Waals surface area contributed by atoms with Crippen LogP contribution in [0, 0.1) is 24.0 Å². The smallest absolute Gasteiger partial charge is 0.312 e. The van der Waals surface area contributed by atoms with E-state index in [9.17, 15) is 14.9 Å². The third-order valence-electron chi connectivity index (χ3n) is 4.29. The summed E-state index contributed by atoms with van der Waals surface area (Å²) >= 11 is 0. The number of aromatic nitrogens is 2. The average Bonchev–Trinajstić information content (AvgIpc) is 2.67. The minimum absolute atomic E-state index is 0.00115. The third-order valence-corrected chi connectivity index (χ3v) is 4.29. The largest absolute Gasteiger partial charge is 0.352 e. The van der Waals surface area contributed by atoms with Gasteiger partial charge in [0.1, 0.15) is 17.9 Å². The van der Waals surface area contributed by atoms with Crippen molar-refractivity contribution in [1.82, 2.24) is 15.1 Å². The molecule has 0 saturated heterocycles. The van der Waals surface area contributed by atoms with Gasteiger partial charge in [0, 0.05) is 6.04 Å². The van der Waals surface area contributed by atoms with Crippen LogP contribution in [-0.2, 0) is 11.3 Å². The summed E-state index contributed by atoms with van der Waals surface area (Å²) in [6, 6.07) is 0.222. The Labute approximate surface area is 130 Å². The molecular formula is C15H24N4O3. The van der Waals surface area contributed by atoms with Gasteiger partial charge in [-0.15, -0.1) is 0 Å². The van der Waals surface area contributed by atoms with E-state index in [0.29, 0.717) is 11.4 Å². The number of carbonyl (C=O) groups is 1. The van der Waals surface area contributed by atoms with Crippen molar-refractivity contribution in [2.75, 3.05) is 0 Å². The molecule has 1 amide bonds. The fourth-order valence-electron chi connectivity index (χ4n) is 3.12. The summed E-state index contributed by atoms with van der Waals surface area (Å²) in [7, 11) is 0. The van der Waals surface area contributed by atoms with Crippen LogP contribution in [0.4, 0.5) is 5.69 Å². The Hall–Kier alpha value is -1.92. The molecule has 0 atom stereocenters. The Morgan fingerprint density at radius 2 is 1.86 bits per heavy atom. The third kappa shape index (κ3) is 4.05. The number of amides is 1. The molecule has 0 spiro atoms. The van der Waals surface area contributed by atoms with E-state index in [1.54, 1.807) is 13.8 Å². The SMILES string of the molecule is Cc1nn(CC(=O)NC2CCCCCCC2)c(C)c1[N+](=O)[O-]. The highest BCUT2D eigenvalue weighted by Gasteiger charge is 2.23. The molecule has 22 heavy (non-hydrogen) atoms. The van der Waals surface area contributed by atoms with Gasteiger partial charge in [0.15, 0.2) is 0 Å². The monoisotopic (exact) mass is 308 g/mol. The van der Waals surface area contributed by atoms with Crippen molar-refractivity contribution in [3.8, 4) is 0 Å². The van der Waals surface area contributed by atoms with Crippen molar-refractivity contribution in [2.45, 2.75) is 71.4 Å². The number of nitro groups is 1. The van der Waals surface area contributed by atoms with E-state index in [4.69, 9.17) is 0 Å². The number of rotatable bonds is 4. The quantitative estimate of drug-likeness (QED) is 0.684. The summed E-state index contributed by atoms with van der Waals surface area (Å²) in [6.07, 6.45) is 8.08. The van der Waals surface area contributed by atoms with E-state index in [2.05, 4.69) is 10.4 Å². The van der Waals surface area contributed by atoms with Crippen LogP contribution in [0.2, 0.25) is 0 Å². The van der Waals surface area contributed by atoms with Crippen molar-refractivity contribution in [3.63, 3.8) is 0 Å². The molecule has 0 unspecified atom stereocenters. The lowest BCUT2D eigenvalue weighted by Gasteiger charge is -2.21. The molecule has 0 radical (unpaired) electrons. The molecule has 7 nitrogen and oxygen atoms in total. The summed E-state index contributed by atoms with van der Waals surface area (Å²) < 4.78 is 1.42. The highest BCUT2D eigenvalue weighted by Crippen LogP contribution is 2.22. The van der Waals surface area contributed by atoms with Crippen molar-refractivity contribution in [1.29, 1.82) is 0 Å². The minimum Gasteiger partial charge on any atom is -0.352 e. The molecule has 1 aliphatic carbocycles. The molecule has 1 aromatic rings. The van der Waals surface area contributed by atoms with E-state index in [-0.39, 0.29) is 24.2 Å². The fourth-order valence-corrected chi connectivity index (χ4v) is 3.12. The van der Waals surface area contributed by atoms with E-state index in [1.807, 2.05) is 0 Å². The zero-order valence-corrected chi connectivity index (χ0v) is 13.3. The molecular weight excluding hydrogens is 284 g/mol.